The molecular weight excluding hydrogens is 386 g/mol. The van der Waals surface area contributed by atoms with Crippen molar-refractivity contribution in [3.8, 4) is 10.6 Å². The summed E-state index contributed by atoms with van der Waals surface area (Å²) in [5.74, 6) is -0.305. The zero-order chi connectivity index (χ0) is 20.5. The van der Waals surface area contributed by atoms with Crippen molar-refractivity contribution in [2.75, 3.05) is 5.32 Å². The molecule has 0 spiro atoms. The van der Waals surface area contributed by atoms with E-state index in [1.165, 1.54) is 23.8 Å². The second-order valence-corrected chi connectivity index (χ2v) is 7.81. The smallest absolute Gasteiger partial charge is 0.269 e. The fraction of sp³-hybridized carbons (Fsp3) is 0.0909. The fourth-order valence-electron chi connectivity index (χ4n) is 3.07. The Kier molecular flexibility index (Phi) is 4.82. The van der Waals surface area contributed by atoms with E-state index >= 15 is 0 Å². The van der Waals surface area contributed by atoms with E-state index in [4.69, 9.17) is 0 Å². The molecule has 0 aliphatic carbocycles. The Morgan fingerprint density at radius 3 is 2.48 bits per heavy atom. The van der Waals surface area contributed by atoms with Gasteiger partial charge in [-0.05, 0) is 67.4 Å². The van der Waals surface area contributed by atoms with Gasteiger partial charge in [-0.2, -0.15) is 0 Å². The number of aromatic nitrogens is 1. The van der Waals surface area contributed by atoms with E-state index in [0.717, 1.165) is 20.8 Å². The van der Waals surface area contributed by atoms with Crippen molar-refractivity contribution in [1.29, 1.82) is 0 Å². The summed E-state index contributed by atoms with van der Waals surface area (Å²) in [4.78, 5) is 27.6. The third kappa shape index (κ3) is 3.86. The predicted molar refractivity (Wildman–Crippen MR) is 116 cm³/mol. The Morgan fingerprint density at radius 1 is 1.03 bits per heavy atom. The van der Waals surface area contributed by atoms with Gasteiger partial charge in [0.1, 0.15) is 5.01 Å². The Hall–Kier alpha value is -3.58. The number of hydrogen-bond acceptors (Lipinski definition) is 5. The molecule has 4 rings (SSSR count). The van der Waals surface area contributed by atoms with Crippen LogP contribution in [0.3, 0.4) is 0 Å². The van der Waals surface area contributed by atoms with Crippen molar-refractivity contribution in [3.63, 3.8) is 0 Å². The second-order valence-electron chi connectivity index (χ2n) is 6.78. The molecule has 6 nitrogen and oxygen atoms in total. The molecule has 7 heteroatoms. The van der Waals surface area contributed by atoms with Gasteiger partial charge in [0.2, 0.25) is 0 Å². The second kappa shape index (κ2) is 7.44. The number of rotatable bonds is 4. The minimum atomic E-state index is -0.475. The van der Waals surface area contributed by atoms with Crippen LogP contribution in [0.2, 0.25) is 0 Å². The number of non-ortho nitro benzene ring substituents is 1. The molecule has 3 aromatic carbocycles. The molecule has 0 aliphatic heterocycles. The van der Waals surface area contributed by atoms with Crippen molar-refractivity contribution in [2.24, 2.45) is 0 Å². The zero-order valence-electron chi connectivity index (χ0n) is 15.8. The third-order valence-corrected chi connectivity index (χ3v) is 5.67. The molecule has 0 unspecified atom stereocenters. The molecule has 144 valence electrons. The topological polar surface area (TPSA) is 85.1 Å². The van der Waals surface area contributed by atoms with Gasteiger partial charge in [0.25, 0.3) is 11.6 Å². The first-order chi connectivity index (χ1) is 13.9. The fourth-order valence-corrected chi connectivity index (χ4v) is 4.14. The van der Waals surface area contributed by atoms with Crippen LogP contribution >= 0.6 is 11.3 Å². The number of carbonyl (C=O) groups is 1. The van der Waals surface area contributed by atoms with Gasteiger partial charge in [-0.1, -0.05) is 6.07 Å². The average molecular weight is 403 g/mol. The molecule has 1 aromatic heterocycles. The van der Waals surface area contributed by atoms with E-state index in [-0.39, 0.29) is 11.6 Å². The molecular formula is C22H17N3O3S. The molecule has 0 saturated carbocycles. The normalized spacial score (nSPS) is 10.8. The predicted octanol–water partition coefficient (Wildman–Crippen LogP) is 5.74. The number of thiazole rings is 1. The highest BCUT2D eigenvalue weighted by molar-refractivity contribution is 7.21. The van der Waals surface area contributed by atoms with Gasteiger partial charge in [-0.3, -0.25) is 14.9 Å². The first-order valence-electron chi connectivity index (χ1n) is 8.95. The lowest BCUT2D eigenvalue weighted by Crippen LogP contribution is -2.13. The van der Waals surface area contributed by atoms with Crippen molar-refractivity contribution in [3.05, 3.63) is 87.5 Å². The summed E-state index contributed by atoms with van der Waals surface area (Å²) < 4.78 is 1.14. The Bertz CT molecular complexity index is 1250. The molecule has 0 bridgehead atoms. The van der Waals surface area contributed by atoms with Crippen LogP contribution in [0.25, 0.3) is 20.8 Å². The standard InChI is InChI=1S/C22H17N3O3S/c1-13-3-10-19-20(11-13)29-22(24-19)15-4-6-16(7-5-15)23-21(26)18-9-8-17(25(27)28)12-14(18)2/h3-12H,1-2H3,(H,23,26). The maximum absolute atomic E-state index is 12.5. The number of fused-ring (bicyclic) bond motifs is 1. The third-order valence-electron chi connectivity index (χ3n) is 4.60. The van der Waals surface area contributed by atoms with Crippen molar-refractivity contribution < 1.29 is 9.72 Å². The number of aryl methyl sites for hydroxylation is 2. The molecule has 1 amide bonds. The van der Waals surface area contributed by atoms with E-state index in [0.29, 0.717) is 16.8 Å². The number of carbonyl (C=O) groups excluding carboxylic acids is 1. The van der Waals surface area contributed by atoms with Gasteiger partial charge >= 0.3 is 0 Å². The molecule has 29 heavy (non-hydrogen) atoms. The SMILES string of the molecule is Cc1ccc2nc(-c3ccc(NC(=O)c4ccc([N+](=O)[O-])cc4C)cc3)sc2c1. The highest BCUT2D eigenvalue weighted by Crippen LogP contribution is 2.31. The molecule has 4 aromatic rings. The Morgan fingerprint density at radius 2 is 1.79 bits per heavy atom. The molecule has 0 saturated heterocycles. The van der Waals surface area contributed by atoms with Gasteiger partial charge in [0.05, 0.1) is 15.1 Å². The van der Waals surface area contributed by atoms with E-state index in [9.17, 15) is 14.9 Å². The summed E-state index contributed by atoms with van der Waals surface area (Å²) in [5.41, 5.74) is 4.73. The largest absolute Gasteiger partial charge is 0.322 e. The van der Waals surface area contributed by atoms with Crippen LogP contribution in [0.4, 0.5) is 11.4 Å². The van der Waals surface area contributed by atoms with Crippen LogP contribution in [0.5, 0.6) is 0 Å². The maximum atomic E-state index is 12.5. The lowest BCUT2D eigenvalue weighted by atomic mass is 10.1. The number of amides is 1. The maximum Gasteiger partial charge on any atom is 0.269 e. The summed E-state index contributed by atoms with van der Waals surface area (Å²) in [7, 11) is 0. The van der Waals surface area contributed by atoms with Gasteiger partial charge in [0.15, 0.2) is 0 Å². The van der Waals surface area contributed by atoms with Gasteiger partial charge < -0.3 is 5.32 Å². The number of nitro groups is 1. The Balaban J connectivity index is 1.53. The lowest BCUT2D eigenvalue weighted by molar-refractivity contribution is -0.384. The molecule has 1 N–H and O–H groups in total. The van der Waals surface area contributed by atoms with Gasteiger partial charge in [0, 0.05) is 28.9 Å². The number of benzene rings is 3. The summed E-state index contributed by atoms with van der Waals surface area (Å²) in [5, 5.41) is 14.6. The van der Waals surface area contributed by atoms with E-state index in [2.05, 4.69) is 23.3 Å². The van der Waals surface area contributed by atoms with Crippen molar-refractivity contribution in [2.45, 2.75) is 13.8 Å². The summed E-state index contributed by atoms with van der Waals surface area (Å²) >= 11 is 1.63. The van der Waals surface area contributed by atoms with E-state index in [1.54, 1.807) is 18.3 Å². The number of nitro benzene ring substituents is 1. The van der Waals surface area contributed by atoms with E-state index < -0.39 is 4.92 Å². The van der Waals surface area contributed by atoms with Crippen LogP contribution in [0, 0.1) is 24.0 Å². The number of nitrogens with zero attached hydrogens (tertiary/aromatic N) is 2. The van der Waals surface area contributed by atoms with Crippen LogP contribution in [-0.4, -0.2) is 15.8 Å². The van der Waals surface area contributed by atoms with Crippen molar-refractivity contribution >= 4 is 38.8 Å². The first kappa shape index (κ1) is 18.8. The quantitative estimate of drug-likeness (QED) is 0.348. The van der Waals surface area contributed by atoms with Gasteiger partial charge in [-0.25, -0.2) is 4.98 Å². The van der Waals surface area contributed by atoms with Crippen LogP contribution < -0.4 is 5.32 Å². The first-order valence-corrected chi connectivity index (χ1v) is 9.76. The van der Waals surface area contributed by atoms with Gasteiger partial charge in [-0.15, -0.1) is 11.3 Å². The minimum Gasteiger partial charge on any atom is -0.322 e. The number of hydrogen-bond donors (Lipinski definition) is 1. The average Bonchev–Trinajstić information content (AvgIpc) is 3.11. The van der Waals surface area contributed by atoms with E-state index in [1.807, 2.05) is 36.4 Å². The van der Waals surface area contributed by atoms with Crippen LogP contribution in [0.1, 0.15) is 21.5 Å². The molecule has 0 fully saturated rings. The minimum absolute atomic E-state index is 0.0329. The monoisotopic (exact) mass is 403 g/mol. The highest BCUT2D eigenvalue weighted by atomic mass is 32.1. The molecule has 1 heterocycles. The summed E-state index contributed by atoms with van der Waals surface area (Å²) in [6, 6.07) is 17.9. The number of anilines is 1. The lowest BCUT2D eigenvalue weighted by Gasteiger charge is -2.08. The Labute approximate surface area is 171 Å². The number of nitrogens with one attached hydrogen (secondary N) is 1. The highest BCUT2D eigenvalue weighted by Gasteiger charge is 2.14. The summed E-state index contributed by atoms with van der Waals surface area (Å²) in [6.07, 6.45) is 0. The van der Waals surface area contributed by atoms with Crippen molar-refractivity contribution in [1.82, 2.24) is 4.98 Å². The zero-order valence-corrected chi connectivity index (χ0v) is 16.6. The summed E-state index contributed by atoms with van der Waals surface area (Å²) in [6.45, 7) is 3.74. The molecule has 0 aliphatic rings. The van der Waals surface area contributed by atoms with Crippen LogP contribution in [-0.2, 0) is 0 Å². The molecule has 0 atom stereocenters. The molecule has 0 radical (unpaired) electrons. The van der Waals surface area contributed by atoms with Crippen LogP contribution in [0.15, 0.2) is 60.7 Å².